The first-order valence-electron chi connectivity index (χ1n) is 6.77. The molecule has 1 unspecified atom stereocenters. The van der Waals surface area contributed by atoms with Gasteiger partial charge in [-0.05, 0) is 23.6 Å². The Morgan fingerprint density at radius 1 is 1.29 bits per heavy atom. The van der Waals surface area contributed by atoms with Crippen LogP contribution in [0.3, 0.4) is 0 Å². The lowest BCUT2D eigenvalue weighted by Gasteiger charge is -2.25. The van der Waals surface area contributed by atoms with E-state index < -0.39 is 5.97 Å². The molecule has 0 fully saturated rings. The molecule has 1 aromatic carbocycles. The molecule has 2 N–H and O–H groups in total. The van der Waals surface area contributed by atoms with Crippen molar-refractivity contribution < 1.29 is 14.7 Å². The summed E-state index contributed by atoms with van der Waals surface area (Å²) in [6, 6.07) is 7.07. The molecule has 1 aromatic rings. The molecule has 0 aliphatic carbocycles. The SMILES string of the molecule is CC(C)C(CC(=O)O)NC(=O)N(C)Cc1ccc(Br)cc1. The molecule has 0 spiro atoms. The van der Waals surface area contributed by atoms with Crippen LogP contribution in [0, 0.1) is 5.92 Å². The van der Waals surface area contributed by atoms with Gasteiger partial charge >= 0.3 is 12.0 Å². The number of hydrogen-bond donors (Lipinski definition) is 2. The van der Waals surface area contributed by atoms with Crippen LogP contribution in [0.15, 0.2) is 28.7 Å². The molecule has 116 valence electrons. The fraction of sp³-hybridized carbons (Fsp3) is 0.467. The maximum absolute atomic E-state index is 12.1. The summed E-state index contributed by atoms with van der Waals surface area (Å²) < 4.78 is 0.986. The molecule has 6 heteroatoms. The highest BCUT2D eigenvalue weighted by Crippen LogP contribution is 2.12. The van der Waals surface area contributed by atoms with Gasteiger partial charge in [0.2, 0.25) is 0 Å². The number of urea groups is 1. The Morgan fingerprint density at radius 3 is 2.33 bits per heavy atom. The van der Waals surface area contributed by atoms with E-state index in [0.717, 1.165) is 10.0 Å². The Hall–Kier alpha value is -1.56. The zero-order valence-corrected chi connectivity index (χ0v) is 14.1. The average molecular weight is 357 g/mol. The van der Waals surface area contributed by atoms with Crippen molar-refractivity contribution in [3.8, 4) is 0 Å². The topological polar surface area (TPSA) is 69.6 Å². The van der Waals surface area contributed by atoms with Crippen molar-refractivity contribution >= 4 is 27.9 Å². The Bertz CT molecular complexity index is 488. The molecule has 0 aliphatic heterocycles. The zero-order valence-electron chi connectivity index (χ0n) is 12.5. The molecule has 0 heterocycles. The number of benzene rings is 1. The summed E-state index contributed by atoms with van der Waals surface area (Å²) in [4.78, 5) is 24.5. The molecular weight excluding hydrogens is 336 g/mol. The van der Waals surface area contributed by atoms with Crippen LogP contribution in [0.1, 0.15) is 25.8 Å². The average Bonchev–Trinajstić information content (AvgIpc) is 2.39. The van der Waals surface area contributed by atoms with Gasteiger partial charge in [-0.15, -0.1) is 0 Å². The lowest BCUT2D eigenvalue weighted by atomic mass is 10.0. The highest BCUT2D eigenvalue weighted by Gasteiger charge is 2.21. The van der Waals surface area contributed by atoms with Crippen LogP contribution in [0.2, 0.25) is 0 Å². The summed E-state index contributed by atoms with van der Waals surface area (Å²) in [7, 11) is 1.69. The minimum Gasteiger partial charge on any atom is -0.481 e. The van der Waals surface area contributed by atoms with Crippen LogP contribution in [-0.4, -0.2) is 35.1 Å². The van der Waals surface area contributed by atoms with Crippen molar-refractivity contribution in [1.82, 2.24) is 10.2 Å². The van der Waals surface area contributed by atoms with Crippen LogP contribution in [-0.2, 0) is 11.3 Å². The van der Waals surface area contributed by atoms with Crippen molar-refractivity contribution in [2.24, 2.45) is 5.92 Å². The number of carboxylic acid groups (broad SMARTS) is 1. The maximum Gasteiger partial charge on any atom is 0.317 e. The molecule has 1 atom stereocenters. The third kappa shape index (κ3) is 6.16. The molecule has 2 amide bonds. The molecular formula is C15H21BrN2O3. The summed E-state index contributed by atoms with van der Waals surface area (Å²) in [5, 5.41) is 11.7. The lowest BCUT2D eigenvalue weighted by Crippen LogP contribution is -2.45. The van der Waals surface area contributed by atoms with E-state index in [4.69, 9.17) is 5.11 Å². The quantitative estimate of drug-likeness (QED) is 0.822. The third-order valence-corrected chi connectivity index (χ3v) is 3.72. The normalized spacial score (nSPS) is 12.0. The largest absolute Gasteiger partial charge is 0.481 e. The number of rotatable bonds is 6. The van der Waals surface area contributed by atoms with E-state index in [1.807, 2.05) is 38.1 Å². The summed E-state index contributed by atoms with van der Waals surface area (Å²) in [6.07, 6.45) is -0.0739. The zero-order chi connectivity index (χ0) is 16.0. The van der Waals surface area contributed by atoms with Crippen LogP contribution in [0.4, 0.5) is 4.79 Å². The number of carbonyl (C=O) groups is 2. The Morgan fingerprint density at radius 2 is 1.86 bits per heavy atom. The Labute approximate surface area is 133 Å². The van der Waals surface area contributed by atoms with E-state index in [1.165, 1.54) is 0 Å². The van der Waals surface area contributed by atoms with Crippen molar-refractivity contribution in [3.63, 3.8) is 0 Å². The minimum absolute atomic E-state index is 0.0612. The summed E-state index contributed by atoms with van der Waals surface area (Å²) >= 11 is 3.36. The fourth-order valence-corrected chi connectivity index (χ4v) is 2.11. The second-order valence-corrected chi connectivity index (χ2v) is 6.30. The predicted octanol–water partition coefficient (Wildman–Crippen LogP) is 3.09. The number of nitrogens with one attached hydrogen (secondary N) is 1. The van der Waals surface area contributed by atoms with Crippen molar-refractivity contribution in [3.05, 3.63) is 34.3 Å². The van der Waals surface area contributed by atoms with Crippen molar-refractivity contribution in [2.75, 3.05) is 7.05 Å². The van der Waals surface area contributed by atoms with Gasteiger partial charge < -0.3 is 15.3 Å². The summed E-state index contributed by atoms with van der Waals surface area (Å²) in [6.45, 7) is 4.25. The molecule has 0 aromatic heterocycles. The Balaban J connectivity index is 2.60. The van der Waals surface area contributed by atoms with E-state index >= 15 is 0 Å². The van der Waals surface area contributed by atoms with Crippen LogP contribution in [0.5, 0.6) is 0 Å². The first-order chi connectivity index (χ1) is 9.79. The predicted molar refractivity (Wildman–Crippen MR) is 85.0 cm³/mol. The van der Waals surface area contributed by atoms with Gasteiger partial charge in [0.05, 0.1) is 6.42 Å². The van der Waals surface area contributed by atoms with Gasteiger partial charge in [0, 0.05) is 24.1 Å². The second kappa shape index (κ2) is 8.02. The number of halogens is 1. The first-order valence-corrected chi connectivity index (χ1v) is 7.56. The highest BCUT2D eigenvalue weighted by atomic mass is 79.9. The molecule has 0 radical (unpaired) electrons. The summed E-state index contributed by atoms with van der Waals surface area (Å²) in [5.41, 5.74) is 1.01. The molecule has 0 bridgehead atoms. The van der Waals surface area contributed by atoms with Gasteiger partial charge in [0.15, 0.2) is 0 Å². The number of hydrogen-bond acceptors (Lipinski definition) is 2. The van der Waals surface area contributed by atoms with Crippen LogP contribution >= 0.6 is 15.9 Å². The number of carbonyl (C=O) groups excluding carboxylic acids is 1. The van der Waals surface area contributed by atoms with Gasteiger partial charge in [-0.25, -0.2) is 4.79 Å². The molecule has 0 saturated heterocycles. The number of nitrogens with zero attached hydrogens (tertiary/aromatic N) is 1. The molecule has 5 nitrogen and oxygen atoms in total. The van der Waals surface area contributed by atoms with Crippen molar-refractivity contribution in [2.45, 2.75) is 32.9 Å². The second-order valence-electron chi connectivity index (χ2n) is 5.38. The van der Waals surface area contributed by atoms with Gasteiger partial charge in [0.25, 0.3) is 0 Å². The van der Waals surface area contributed by atoms with Gasteiger partial charge in [-0.2, -0.15) is 0 Å². The number of aliphatic carboxylic acids is 1. The van der Waals surface area contributed by atoms with E-state index in [-0.39, 0.29) is 24.4 Å². The monoisotopic (exact) mass is 356 g/mol. The standard InChI is InChI=1S/C15H21BrN2O3/c1-10(2)13(8-14(19)20)17-15(21)18(3)9-11-4-6-12(16)7-5-11/h4-7,10,13H,8-9H2,1-3H3,(H,17,21)(H,19,20). The van der Waals surface area contributed by atoms with Gasteiger partial charge in [0.1, 0.15) is 0 Å². The first kappa shape index (κ1) is 17.5. The van der Waals surface area contributed by atoms with E-state index in [0.29, 0.717) is 6.54 Å². The maximum atomic E-state index is 12.1. The highest BCUT2D eigenvalue weighted by molar-refractivity contribution is 9.10. The van der Waals surface area contributed by atoms with Gasteiger partial charge in [-0.1, -0.05) is 41.9 Å². The van der Waals surface area contributed by atoms with E-state index in [9.17, 15) is 9.59 Å². The number of amides is 2. The Kier molecular flexibility index (Phi) is 6.68. The van der Waals surface area contributed by atoms with E-state index in [2.05, 4.69) is 21.2 Å². The molecule has 1 rings (SSSR count). The van der Waals surface area contributed by atoms with E-state index in [1.54, 1.807) is 11.9 Å². The van der Waals surface area contributed by atoms with Crippen molar-refractivity contribution in [1.29, 1.82) is 0 Å². The fourth-order valence-electron chi connectivity index (χ4n) is 1.85. The number of carboxylic acids is 1. The van der Waals surface area contributed by atoms with Gasteiger partial charge in [-0.3, -0.25) is 4.79 Å². The minimum atomic E-state index is -0.912. The van der Waals surface area contributed by atoms with Crippen LogP contribution < -0.4 is 5.32 Å². The summed E-state index contributed by atoms with van der Waals surface area (Å²) in [5.74, 6) is -0.851. The third-order valence-electron chi connectivity index (χ3n) is 3.19. The lowest BCUT2D eigenvalue weighted by molar-refractivity contribution is -0.137. The molecule has 0 saturated carbocycles. The molecule has 21 heavy (non-hydrogen) atoms. The van der Waals surface area contributed by atoms with Crippen LogP contribution in [0.25, 0.3) is 0 Å². The smallest absolute Gasteiger partial charge is 0.317 e. The molecule has 0 aliphatic rings.